The number of anilines is 1. The molecule has 0 aliphatic carbocycles. The van der Waals surface area contributed by atoms with Crippen molar-refractivity contribution < 1.29 is 14.4 Å². The molecule has 0 N–H and O–H groups in total. The van der Waals surface area contributed by atoms with Crippen LogP contribution in [0, 0.1) is 0 Å². The fourth-order valence-corrected chi connectivity index (χ4v) is 3.60. The Kier molecular flexibility index (Phi) is 6.87. The number of carbonyl (C=O) groups is 3. The second-order valence-electron chi connectivity index (χ2n) is 7.77. The van der Waals surface area contributed by atoms with E-state index in [4.69, 9.17) is 0 Å². The van der Waals surface area contributed by atoms with E-state index in [0.29, 0.717) is 30.6 Å². The Hall–Kier alpha value is -3.15. The molecular formula is C24H29N3O3. The van der Waals surface area contributed by atoms with Gasteiger partial charge in [-0.15, -0.1) is 0 Å². The number of hydrogen-bond acceptors (Lipinski definition) is 3. The van der Waals surface area contributed by atoms with E-state index in [-0.39, 0.29) is 17.7 Å². The normalized spacial score (nSPS) is 13.8. The van der Waals surface area contributed by atoms with Gasteiger partial charge < -0.3 is 14.7 Å². The molecule has 6 nitrogen and oxygen atoms in total. The first kappa shape index (κ1) is 21.6. The van der Waals surface area contributed by atoms with Crippen LogP contribution in [-0.2, 0) is 11.3 Å². The SMILES string of the molecule is CCN(Cc1ccc(C(=O)N(C)C)cc1)C(=O)c1ccc(N2CCCCC2=O)cc1. The van der Waals surface area contributed by atoms with Crippen LogP contribution in [0.4, 0.5) is 5.69 Å². The minimum atomic E-state index is -0.0533. The molecule has 1 fully saturated rings. The van der Waals surface area contributed by atoms with Crippen LogP contribution >= 0.6 is 0 Å². The van der Waals surface area contributed by atoms with E-state index in [1.807, 2.05) is 31.2 Å². The third kappa shape index (κ3) is 4.87. The van der Waals surface area contributed by atoms with E-state index in [1.54, 1.807) is 48.2 Å². The highest BCUT2D eigenvalue weighted by atomic mass is 16.2. The van der Waals surface area contributed by atoms with Crippen LogP contribution in [0.1, 0.15) is 52.5 Å². The zero-order chi connectivity index (χ0) is 21.7. The third-order valence-electron chi connectivity index (χ3n) is 5.40. The largest absolute Gasteiger partial charge is 0.345 e. The minimum absolute atomic E-state index is 0.0442. The molecule has 3 amide bonds. The lowest BCUT2D eigenvalue weighted by Crippen LogP contribution is -2.35. The number of benzene rings is 2. The van der Waals surface area contributed by atoms with Crippen LogP contribution in [0.2, 0.25) is 0 Å². The Balaban J connectivity index is 1.68. The van der Waals surface area contributed by atoms with Gasteiger partial charge >= 0.3 is 0 Å². The maximum absolute atomic E-state index is 13.0. The van der Waals surface area contributed by atoms with Gasteiger partial charge in [0.15, 0.2) is 0 Å². The molecule has 0 aromatic heterocycles. The lowest BCUT2D eigenvalue weighted by Gasteiger charge is -2.27. The molecule has 158 valence electrons. The molecule has 0 saturated carbocycles. The zero-order valence-corrected chi connectivity index (χ0v) is 17.9. The lowest BCUT2D eigenvalue weighted by atomic mass is 10.1. The number of hydrogen-bond donors (Lipinski definition) is 0. The fourth-order valence-electron chi connectivity index (χ4n) is 3.60. The van der Waals surface area contributed by atoms with Crippen molar-refractivity contribution in [3.05, 3.63) is 65.2 Å². The van der Waals surface area contributed by atoms with E-state index in [0.717, 1.165) is 30.6 Å². The van der Waals surface area contributed by atoms with Gasteiger partial charge in [-0.1, -0.05) is 12.1 Å². The zero-order valence-electron chi connectivity index (χ0n) is 17.9. The monoisotopic (exact) mass is 407 g/mol. The standard InChI is InChI=1S/C24H29N3O3/c1-4-26(17-18-8-10-19(11-9-18)23(29)25(2)3)24(30)20-12-14-21(15-13-20)27-16-6-5-7-22(27)28/h8-15H,4-7,16-17H2,1-3H3. The Bertz CT molecular complexity index is 904. The molecule has 2 aromatic rings. The summed E-state index contributed by atoms with van der Waals surface area (Å²) in [5, 5.41) is 0. The minimum Gasteiger partial charge on any atom is -0.345 e. The van der Waals surface area contributed by atoms with Crippen molar-refractivity contribution in [3.63, 3.8) is 0 Å². The van der Waals surface area contributed by atoms with Gasteiger partial charge in [0.25, 0.3) is 11.8 Å². The summed E-state index contributed by atoms with van der Waals surface area (Å²) in [7, 11) is 3.44. The van der Waals surface area contributed by atoms with Crippen molar-refractivity contribution in [1.82, 2.24) is 9.80 Å². The number of carbonyl (C=O) groups excluding carboxylic acids is 3. The first-order valence-corrected chi connectivity index (χ1v) is 10.4. The van der Waals surface area contributed by atoms with Crippen LogP contribution in [0.3, 0.4) is 0 Å². The summed E-state index contributed by atoms with van der Waals surface area (Å²) in [5.74, 6) is 0.0476. The predicted octanol–water partition coefficient (Wildman–Crippen LogP) is 3.57. The number of amides is 3. The molecule has 1 heterocycles. The van der Waals surface area contributed by atoms with Gasteiger partial charge in [0.05, 0.1) is 0 Å². The van der Waals surface area contributed by atoms with Gasteiger partial charge in [0.2, 0.25) is 5.91 Å². The first-order valence-electron chi connectivity index (χ1n) is 10.4. The summed E-state index contributed by atoms with van der Waals surface area (Å²) in [6, 6.07) is 14.6. The highest BCUT2D eigenvalue weighted by molar-refractivity contribution is 5.97. The van der Waals surface area contributed by atoms with Crippen LogP contribution in [0.25, 0.3) is 0 Å². The molecule has 0 unspecified atom stereocenters. The number of piperidine rings is 1. The summed E-state index contributed by atoms with van der Waals surface area (Å²) >= 11 is 0. The molecule has 1 saturated heterocycles. The van der Waals surface area contributed by atoms with Crippen LogP contribution in [0.15, 0.2) is 48.5 Å². The topological polar surface area (TPSA) is 60.9 Å². The molecule has 1 aliphatic heterocycles. The fraction of sp³-hybridized carbons (Fsp3) is 0.375. The molecule has 3 rings (SSSR count). The molecule has 0 radical (unpaired) electrons. The van der Waals surface area contributed by atoms with Crippen molar-refractivity contribution in [1.29, 1.82) is 0 Å². The van der Waals surface area contributed by atoms with Crippen molar-refractivity contribution in [2.24, 2.45) is 0 Å². The molecule has 1 aliphatic rings. The van der Waals surface area contributed by atoms with Gasteiger partial charge in [0.1, 0.15) is 0 Å². The maximum atomic E-state index is 13.0. The smallest absolute Gasteiger partial charge is 0.254 e. The van der Waals surface area contributed by atoms with Crippen LogP contribution < -0.4 is 4.90 Å². The van der Waals surface area contributed by atoms with Gasteiger partial charge in [-0.3, -0.25) is 14.4 Å². The summed E-state index contributed by atoms with van der Waals surface area (Å²) < 4.78 is 0. The lowest BCUT2D eigenvalue weighted by molar-refractivity contribution is -0.119. The molecule has 0 atom stereocenters. The molecule has 6 heteroatoms. The molecule has 0 bridgehead atoms. The van der Waals surface area contributed by atoms with E-state index in [1.165, 1.54) is 4.90 Å². The van der Waals surface area contributed by atoms with Crippen molar-refractivity contribution >= 4 is 23.4 Å². The number of nitrogens with zero attached hydrogens (tertiary/aromatic N) is 3. The highest BCUT2D eigenvalue weighted by Gasteiger charge is 2.20. The molecule has 2 aromatic carbocycles. The maximum Gasteiger partial charge on any atom is 0.254 e. The van der Waals surface area contributed by atoms with Gasteiger partial charge in [-0.2, -0.15) is 0 Å². The van der Waals surface area contributed by atoms with Crippen molar-refractivity contribution in [2.45, 2.75) is 32.7 Å². The summed E-state index contributed by atoms with van der Waals surface area (Å²) in [4.78, 5) is 42.2. The van der Waals surface area contributed by atoms with Gasteiger partial charge in [0, 0.05) is 57.0 Å². The van der Waals surface area contributed by atoms with E-state index >= 15 is 0 Å². The van der Waals surface area contributed by atoms with Crippen molar-refractivity contribution in [2.75, 3.05) is 32.1 Å². The summed E-state index contributed by atoms with van der Waals surface area (Å²) in [6.45, 7) is 3.73. The summed E-state index contributed by atoms with van der Waals surface area (Å²) in [5.41, 5.74) is 3.04. The molecule has 30 heavy (non-hydrogen) atoms. The molecule has 0 spiro atoms. The molecular weight excluding hydrogens is 378 g/mol. The van der Waals surface area contributed by atoms with Crippen LogP contribution in [-0.4, -0.2) is 54.7 Å². The third-order valence-corrected chi connectivity index (χ3v) is 5.40. The van der Waals surface area contributed by atoms with E-state index in [9.17, 15) is 14.4 Å². The second kappa shape index (κ2) is 9.57. The Morgan fingerprint density at radius 2 is 1.50 bits per heavy atom. The Morgan fingerprint density at radius 3 is 2.07 bits per heavy atom. The first-order chi connectivity index (χ1) is 14.4. The van der Waals surface area contributed by atoms with Gasteiger partial charge in [-0.05, 0) is 61.7 Å². The highest BCUT2D eigenvalue weighted by Crippen LogP contribution is 2.22. The quantitative estimate of drug-likeness (QED) is 0.736. The predicted molar refractivity (Wildman–Crippen MR) is 118 cm³/mol. The summed E-state index contributed by atoms with van der Waals surface area (Å²) in [6.07, 6.45) is 2.54. The van der Waals surface area contributed by atoms with Gasteiger partial charge in [-0.25, -0.2) is 0 Å². The second-order valence-corrected chi connectivity index (χ2v) is 7.77. The van der Waals surface area contributed by atoms with E-state index in [2.05, 4.69) is 0 Å². The Labute approximate surface area is 178 Å². The Morgan fingerprint density at radius 1 is 0.900 bits per heavy atom. The average molecular weight is 408 g/mol. The van der Waals surface area contributed by atoms with E-state index < -0.39 is 0 Å². The average Bonchev–Trinajstić information content (AvgIpc) is 2.77. The van der Waals surface area contributed by atoms with Crippen molar-refractivity contribution in [3.8, 4) is 0 Å². The number of rotatable bonds is 6. The van der Waals surface area contributed by atoms with Crippen LogP contribution in [0.5, 0.6) is 0 Å².